The van der Waals surface area contributed by atoms with Crippen LogP contribution < -0.4 is 10.1 Å². The minimum Gasteiger partial charge on any atom is -0.492 e. The Hall–Kier alpha value is -2.71. The molecule has 0 radical (unpaired) electrons. The van der Waals surface area contributed by atoms with E-state index in [-0.39, 0.29) is 10.6 Å². The molecule has 0 atom stereocenters. The number of rotatable bonds is 7. The van der Waals surface area contributed by atoms with Crippen molar-refractivity contribution in [3.05, 3.63) is 59.9 Å². The van der Waals surface area contributed by atoms with Gasteiger partial charge in [0.2, 0.25) is 15.9 Å². The van der Waals surface area contributed by atoms with Gasteiger partial charge < -0.3 is 10.1 Å². The molecule has 30 heavy (non-hydrogen) atoms. The topological polar surface area (TPSA) is 75.7 Å². The summed E-state index contributed by atoms with van der Waals surface area (Å²) in [5, 5.41) is 2.67. The predicted molar refractivity (Wildman–Crippen MR) is 114 cm³/mol. The Labute approximate surface area is 176 Å². The van der Waals surface area contributed by atoms with Crippen LogP contribution in [0.1, 0.15) is 31.7 Å². The number of benzene rings is 2. The molecule has 2 aromatic carbocycles. The number of sulfonamides is 1. The van der Waals surface area contributed by atoms with Gasteiger partial charge in [0.1, 0.15) is 11.6 Å². The average Bonchev–Trinajstić information content (AvgIpc) is 2.74. The number of halogens is 1. The lowest BCUT2D eigenvalue weighted by molar-refractivity contribution is -0.111. The highest BCUT2D eigenvalue weighted by Crippen LogP contribution is 2.30. The van der Waals surface area contributed by atoms with E-state index in [4.69, 9.17) is 4.74 Å². The van der Waals surface area contributed by atoms with Crippen LogP contribution in [0.3, 0.4) is 0 Å². The van der Waals surface area contributed by atoms with Crippen molar-refractivity contribution in [3.63, 3.8) is 0 Å². The highest BCUT2D eigenvalue weighted by atomic mass is 32.2. The Morgan fingerprint density at radius 3 is 2.63 bits per heavy atom. The van der Waals surface area contributed by atoms with Gasteiger partial charge in [-0.05, 0) is 61.7 Å². The Balaban J connectivity index is 1.83. The number of carbonyl (C=O) groups is 1. The van der Waals surface area contributed by atoms with Gasteiger partial charge in [-0.15, -0.1) is 0 Å². The molecular formula is C22H25FN2O4S. The molecule has 0 aliphatic carbocycles. The van der Waals surface area contributed by atoms with Gasteiger partial charge in [0.05, 0.1) is 17.2 Å². The fourth-order valence-electron chi connectivity index (χ4n) is 3.26. The van der Waals surface area contributed by atoms with E-state index < -0.39 is 21.7 Å². The number of ether oxygens (including phenoxy) is 1. The molecule has 0 spiro atoms. The first-order chi connectivity index (χ1) is 14.4. The minimum absolute atomic E-state index is 0.109. The van der Waals surface area contributed by atoms with Crippen LogP contribution in [0.2, 0.25) is 0 Å². The molecule has 0 bridgehead atoms. The third kappa shape index (κ3) is 5.46. The van der Waals surface area contributed by atoms with E-state index in [1.54, 1.807) is 25.1 Å². The van der Waals surface area contributed by atoms with Crippen molar-refractivity contribution >= 4 is 27.7 Å². The third-order valence-corrected chi connectivity index (χ3v) is 6.63. The van der Waals surface area contributed by atoms with Gasteiger partial charge in [-0.1, -0.05) is 18.6 Å². The van der Waals surface area contributed by atoms with Crippen LogP contribution in [0.5, 0.6) is 5.75 Å². The monoisotopic (exact) mass is 432 g/mol. The maximum absolute atomic E-state index is 13.3. The molecule has 1 saturated heterocycles. The molecule has 1 fully saturated rings. The third-order valence-electron chi connectivity index (χ3n) is 4.74. The van der Waals surface area contributed by atoms with Crippen molar-refractivity contribution in [2.75, 3.05) is 25.0 Å². The molecule has 160 valence electrons. The highest BCUT2D eigenvalue weighted by Gasteiger charge is 2.26. The largest absolute Gasteiger partial charge is 0.492 e. The summed E-state index contributed by atoms with van der Waals surface area (Å²) in [6.45, 7) is 3.15. The zero-order valence-corrected chi connectivity index (χ0v) is 17.6. The number of piperidine rings is 1. The van der Waals surface area contributed by atoms with Gasteiger partial charge in [0, 0.05) is 19.2 Å². The smallest absolute Gasteiger partial charge is 0.248 e. The summed E-state index contributed by atoms with van der Waals surface area (Å²) in [5.74, 6) is -0.498. The van der Waals surface area contributed by atoms with Crippen molar-refractivity contribution in [1.82, 2.24) is 4.31 Å². The molecule has 8 heteroatoms. The predicted octanol–water partition coefficient (Wildman–Crippen LogP) is 4.05. The number of amides is 1. The van der Waals surface area contributed by atoms with Crippen LogP contribution in [0.4, 0.5) is 10.1 Å². The number of nitrogens with one attached hydrogen (secondary N) is 1. The van der Waals surface area contributed by atoms with E-state index >= 15 is 0 Å². The SMILES string of the molecule is CCOc1ccc(S(=O)(=O)N2CCCCC2)cc1NC(=O)/C=C/c1cccc(F)c1. The quantitative estimate of drug-likeness (QED) is 0.670. The summed E-state index contributed by atoms with van der Waals surface area (Å²) < 4.78 is 46.2. The van der Waals surface area contributed by atoms with Crippen molar-refractivity contribution in [2.24, 2.45) is 0 Å². The van der Waals surface area contributed by atoms with Crippen molar-refractivity contribution < 1.29 is 22.3 Å². The van der Waals surface area contributed by atoms with Gasteiger partial charge in [-0.25, -0.2) is 12.8 Å². The Morgan fingerprint density at radius 2 is 1.93 bits per heavy atom. The van der Waals surface area contributed by atoms with Crippen LogP contribution in [0, 0.1) is 5.82 Å². The molecule has 1 heterocycles. The van der Waals surface area contributed by atoms with E-state index in [0.717, 1.165) is 19.3 Å². The van der Waals surface area contributed by atoms with E-state index in [1.165, 1.54) is 40.7 Å². The second-order valence-electron chi connectivity index (χ2n) is 6.93. The van der Waals surface area contributed by atoms with Crippen LogP contribution in [0.25, 0.3) is 6.08 Å². The Bertz CT molecular complexity index is 1030. The second-order valence-corrected chi connectivity index (χ2v) is 8.87. The maximum Gasteiger partial charge on any atom is 0.248 e. The van der Waals surface area contributed by atoms with Gasteiger partial charge in [-0.3, -0.25) is 4.79 Å². The minimum atomic E-state index is -3.65. The summed E-state index contributed by atoms with van der Waals surface area (Å²) >= 11 is 0. The lowest BCUT2D eigenvalue weighted by Crippen LogP contribution is -2.35. The number of carbonyl (C=O) groups excluding carboxylic acids is 1. The number of hydrogen-bond acceptors (Lipinski definition) is 4. The fourth-order valence-corrected chi connectivity index (χ4v) is 4.80. The van der Waals surface area contributed by atoms with Crippen molar-refractivity contribution in [2.45, 2.75) is 31.1 Å². The molecule has 1 amide bonds. The van der Waals surface area contributed by atoms with Crippen LogP contribution in [0.15, 0.2) is 53.4 Å². The summed E-state index contributed by atoms with van der Waals surface area (Å²) in [4.78, 5) is 12.5. The van der Waals surface area contributed by atoms with Gasteiger partial charge in [-0.2, -0.15) is 4.31 Å². The summed E-state index contributed by atoms with van der Waals surface area (Å²) in [5.41, 5.74) is 0.806. The molecular weight excluding hydrogens is 407 g/mol. The number of anilines is 1. The van der Waals surface area contributed by atoms with Crippen molar-refractivity contribution in [1.29, 1.82) is 0 Å². The normalized spacial score (nSPS) is 15.3. The first kappa shape index (κ1) is 22.0. The fraction of sp³-hybridized carbons (Fsp3) is 0.318. The molecule has 0 saturated carbocycles. The van der Waals surface area contributed by atoms with E-state index in [0.29, 0.717) is 31.0 Å². The van der Waals surface area contributed by atoms with Gasteiger partial charge in [0.25, 0.3) is 0 Å². The summed E-state index contributed by atoms with van der Waals surface area (Å²) in [7, 11) is -3.65. The van der Waals surface area contributed by atoms with Crippen LogP contribution in [-0.2, 0) is 14.8 Å². The maximum atomic E-state index is 13.3. The molecule has 3 rings (SSSR count). The molecule has 1 N–H and O–H groups in total. The molecule has 0 unspecified atom stereocenters. The highest BCUT2D eigenvalue weighted by molar-refractivity contribution is 7.89. The van der Waals surface area contributed by atoms with Crippen LogP contribution >= 0.6 is 0 Å². The van der Waals surface area contributed by atoms with Gasteiger partial charge >= 0.3 is 0 Å². The van der Waals surface area contributed by atoms with E-state index in [9.17, 15) is 17.6 Å². The van der Waals surface area contributed by atoms with Crippen molar-refractivity contribution in [3.8, 4) is 5.75 Å². The molecule has 1 aliphatic heterocycles. The van der Waals surface area contributed by atoms with E-state index in [1.807, 2.05) is 0 Å². The Morgan fingerprint density at radius 1 is 1.17 bits per heavy atom. The number of hydrogen-bond donors (Lipinski definition) is 1. The first-order valence-corrected chi connectivity index (χ1v) is 11.4. The number of nitrogens with zero attached hydrogens (tertiary/aromatic N) is 1. The zero-order valence-electron chi connectivity index (χ0n) is 16.8. The summed E-state index contributed by atoms with van der Waals surface area (Å²) in [6, 6.07) is 10.3. The molecule has 6 nitrogen and oxygen atoms in total. The summed E-state index contributed by atoms with van der Waals surface area (Å²) in [6.07, 6.45) is 5.44. The van der Waals surface area contributed by atoms with Gasteiger partial charge in [0.15, 0.2) is 0 Å². The average molecular weight is 433 g/mol. The first-order valence-electron chi connectivity index (χ1n) is 9.92. The molecule has 1 aliphatic rings. The van der Waals surface area contributed by atoms with E-state index in [2.05, 4.69) is 5.32 Å². The lowest BCUT2D eigenvalue weighted by atomic mass is 10.2. The zero-order chi connectivity index (χ0) is 21.6. The molecule has 0 aromatic heterocycles. The molecule has 2 aromatic rings. The standard InChI is InChI=1S/C22H25FN2O4S/c1-2-29-21-11-10-19(30(27,28)25-13-4-3-5-14-25)16-20(21)24-22(26)12-9-17-7-6-8-18(23)15-17/h6-12,15-16H,2-5,13-14H2,1H3,(H,24,26)/b12-9+. The van der Waals surface area contributed by atoms with Crippen LogP contribution in [-0.4, -0.2) is 38.3 Å². The second kappa shape index (κ2) is 9.86. The Kier molecular flexibility index (Phi) is 7.23. The lowest BCUT2D eigenvalue weighted by Gasteiger charge is -2.26.